The molecule has 0 aromatic heterocycles. The van der Waals surface area contributed by atoms with Crippen molar-refractivity contribution in [2.75, 3.05) is 10.5 Å². The molecule has 112 valence electrons. The van der Waals surface area contributed by atoms with Gasteiger partial charge in [0.25, 0.3) is 10.0 Å². The number of anilines is 2. The van der Waals surface area contributed by atoms with E-state index < -0.39 is 10.0 Å². The fourth-order valence-corrected chi connectivity index (χ4v) is 3.75. The SMILES string of the molecule is Cc1cc(Cl)ccc1S(=O)(=O)Nc1cc(Cl)c(N)c(Cl)c1. The first-order valence-corrected chi connectivity index (χ1v) is 8.36. The number of halogens is 3. The average molecular weight is 366 g/mol. The van der Waals surface area contributed by atoms with Crippen molar-refractivity contribution in [1.29, 1.82) is 0 Å². The number of aryl methyl sites for hydroxylation is 1. The number of nitrogens with one attached hydrogen (secondary N) is 1. The number of nitrogen functional groups attached to an aromatic ring is 1. The lowest BCUT2D eigenvalue weighted by molar-refractivity contribution is 0.600. The Balaban J connectivity index is 2.42. The summed E-state index contributed by atoms with van der Waals surface area (Å²) < 4.78 is 27.1. The molecule has 0 unspecified atom stereocenters. The van der Waals surface area contributed by atoms with Crippen LogP contribution in [0.15, 0.2) is 35.2 Å². The molecule has 0 atom stereocenters. The summed E-state index contributed by atoms with van der Waals surface area (Å²) in [6.45, 7) is 1.66. The molecule has 2 rings (SSSR count). The van der Waals surface area contributed by atoms with Crippen LogP contribution in [-0.2, 0) is 10.0 Å². The predicted molar refractivity (Wildman–Crippen MR) is 87.9 cm³/mol. The zero-order valence-corrected chi connectivity index (χ0v) is 13.9. The molecular weight excluding hydrogens is 355 g/mol. The van der Waals surface area contributed by atoms with Gasteiger partial charge in [0, 0.05) is 5.02 Å². The molecule has 0 spiro atoms. The van der Waals surface area contributed by atoms with Crippen LogP contribution in [0.25, 0.3) is 0 Å². The zero-order chi connectivity index (χ0) is 15.8. The number of rotatable bonds is 3. The number of hydrogen-bond acceptors (Lipinski definition) is 3. The molecule has 0 aliphatic rings. The van der Waals surface area contributed by atoms with Gasteiger partial charge in [-0.2, -0.15) is 0 Å². The lowest BCUT2D eigenvalue weighted by Gasteiger charge is -2.12. The first-order chi connectivity index (χ1) is 9.70. The molecule has 0 aliphatic carbocycles. The summed E-state index contributed by atoms with van der Waals surface area (Å²) in [4.78, 5) is 0.121. The van der Waals surface area contributed by atoms with E-state index in [0.29, 0.717) is 10.6 Å². The van der Waals surface area contributed by atoms with Gasteiger partial charge in [0.2, 0.25) is 0 Å². The summed E-state index contributed by atoms with van der Waals surface area (Å²) in [7, 11) is -3.77. The van der Waals surface area contributed by atoms with Crippen molar-refractivity contribution < 1.29 is 8.42 Å². The Bertz CT molecular complexity index is 784. The first kappa shape index (κ1) is 16.2. The van der Waals surface area contributed by atoms with Gasteiger partial charge in [-0.25, -0.2) is 8.42 Å². The van der Waals surface area contributed by atoms with Gasteiger partial charge < -0.3 is 5.73 Å². The molecule has 3 N–H and O–H groups in total. The van der Waals surface area contributed by atoms with E-state index in [0.717, 1.165) is 0 Å². The summed E-state index contributed by atoms with van der Waals surface area (Å²) in [5.41, 5.74) is 6.57. The summed E-state index contributed by atoms with van der Waals surface area (Å²) in [6.07, 6.45) is 0. The number of benzene rings is 2. The maximum absolute atomic E-state index is 12.4. The quantitative estimate of drug-likeness (QED) is 0.795. The standard InChI is InChI=1S/C13H11Cl3N2O2S/c1-7-4-8(14)2-3-12(7)21(19,20)18-9-5-10(15)13(17)11(16)6-9/h2-6,18H,17H2,1H3. The molecular formula is C13H11Cl3N2O2S. The number of hydrogen-bond donors (Lipinski definition) is 2. The zero-order valence-electron chi connectivity index (χ0n) is 10.8. The fraction of sp³-hybridized carbons (Fsp3) is 0.0769. The van der Waals surface area contributed by atoms with E-state index in [1.807, 2.05) is 0 Å². The number of sulfonamides is 1. The van der Waals surface area contributed by atoms with Crippen LogP contribution in [0.2, 0.25) is 15.1 Å². The molecule has 0 heterocycles. The van der Waals surface area contributed by atoms with Gasteiger partial charge in [-0.3, -0.25) is 4.72 Å². The van der Waals surface area contributed by atoms with Crippen molar-refractivity contribution in [2.45, 2.75) is 11.8 Å². The van der Waals surface area contributed by atoms with Crippen molar-refractivity contribution in [2.24, 2.45) is 0 Å². The Morgan fingerprint density at radius 2 is 1.62 bits per heavy atom. The highest BCUT2D eigenvalue weighted by atomic mass is 35.5. The highest BCUT2D eigenvalue weighted by molar-refractivity contribution is 7.92. The van der Waals surface area contributed by atoms with Crippen molar-refractivity contribution in [1.82, 2.24) is 0 Å². The molecule has 0 radical (unpaired) electrons. The van der Waals surface area contributed by atoms with Crippen molar-refractivity contribution in [3.05, 3.63) is 51.0 Å². The maximum atomic E-state index is 12.4. The second-order valence-corrected chi connectivity index (χ2v) is 7.27. The Morgan fingerprint density at radius 1 is 1.05 bits per heavy atom. The summed E-state index contributed by atoms with van der Waals surface area (Å²) in [5, 5.41) is 0.811. The van der Waals surface area contributed by atoms with Gasteiger partial charge in [-0.15, -0.1) is 0 Å². The Hall–Kier alpha value is -1.14. The van der Waals surface area contributed by atoms with Gasteiger partial charge in [0.15, 0.2) is 0 Å². The van der Waals surface area contributed by atoms with Gasteiger partial charge in [-0.1, -0.05) is 34.8 Å². The van der Waals surface area contributed by atoms with E-state index in [4.69, 9.17) is 40.5 Å². The third-order valence-corrected chi connectivity index (χ3v) is 5.16. The van der Waals surface area contributed by atoms with E-state index in [-0.39, 0.29) is 26.3 Å². The molecule has 21 heavy (non-hydrogen) atoms. The maximum Gasteiger partial charge on any atom is 0.262 e. The third-order valence-electron chi connectivity index (χ3n) is 2.76. The Kier molecular flexibility index (Phi) is 4.58. The second kappa shape index (κ2) is 5.93. The Morgan fingerprint density at radius 3 is 2.14 bits per heavy atom. The van der Waals surface area contributed by atoms with E-state index in [1.54, 1.807) is 13.0 Å². The summed E-state index contributed by atoms with van der Waals surface area (Å²) >= 11 is 17.6. The molecule has 2 aromatic carbocycles. The second-order valence-electron chi connectivity index (χ2n) is 4.37. The van der Waals surface area contributed by atoms with E-state index in [1.165, 1.54) is 24.3 Å². The molecule has 0 fully saturated rings. The van der Waals surface area contributed by atoms with Gasteiger partial charge in [-0.05, 0) is 42.8 Å². The smallest absolute Gasteiger partial charge is 0.262 e. The molecule has 0 saturated carbocycles. The average Bonchev–Trinajstić information content (AvgIpc) is 2.34. The molecule has 2 aromatic rings. The lowest BCUT2D eigenvalue weighted by atomic mass is 10.2. The minimum atomic E-state index is -3.77. The summed E-state index contributed by atoms with van der Waals surface area (Å²) in [5.74, 6) is 0. The lowest BCUT2D eigenvalue weighted by Crippen LogP contribution is -2.14. The first-order valence-electron chi connectivity index (χ1n) is 5.74. The van der Waals surface area contributed by atoms with Crippen molar-refractivity contribution in [3.63, 3.8) is 0 Å². The largest absolute Gasteiger partial charge is 0.396 e. The fourth-order valence-electron chi connectivity index (χ4n) is 1.77. The van der Waals surface area contributed by atoms with E-state index >= 15 is 0 Å². The van der Waals surface area contributed by atoms with Gasteiger partial charge >= 0.3 is 0 Å². The highest BCUT2D eigenvalue weighted by Gasteiger charge is 2.18. The van der Waals surface area contributed by atoms with E-state index in [2.05, 4.69) is 4.72 Å². The van der Waals surface area contributed by atoms with Crippen LogP contribution in [0.4, 0.5) is 11.4 Å². The minimum Gasteiger partial charge on any atom is -0.396 e. The predicted octanol–water partition coefficient (Wildman–Crippen LogP) is 4.34. The topological polar surface area (TPSA) is 72.2 Å². The molecule has 0 saturated heterocycles. The van der Waals surface area contributed by atoms with Crippen LogP contribution in [-0.4, -0.2) is 8.42 Å². The molecule has 0 aliphatic heterocycles. The van der Waals surface area contributed by atoms with Crippen LogP contribution in [0.5, 0.6) is 0 Å². The normalized spacial score (nSPS) is 11.4. The van der Waals surface area contributed by atoms with Gasteiger partial charge in [0.05, 0.1) is 26.3 Å². The van der Waals surface area contributed by atoms with Crippen LogP contribution in [0, 0.1) is 6.92 Å². The van der Waals surface area contributed by atoms with E-state index in [9.17, 15) is 8.42 Å². The monoisotopic (exact) mass is 364 g/mol. The van der Waals surface area contributed by atoms with Crippen LogP contribution < -0.4 is 10.5 Å². The molecule has 8 heteroatoms. The summed E-state index contributed by atoms with van der Waals surface area (Å²) in [6, 6.07) is 7.29. The van der Waals surface area contributed by atoms with Crippen LogP contribution in [0.3, 0.4) is 0 Å². The minimum absolute atomic E-state index is 0.121. The van der Waals surface area contributed by atoms with Crippen molar-refractivity contribution in [3.8, 4) is 0 Å². The highest BCUT2D eigenvalue weighted by Crippen LogP contribution is 2.32. The third kappa shape index (κ3) is 3.55. The van der Waals surface area contributed by atoms with Crippen LogP contribution in [0.1, 0.15) is 5.56 Å². The number of nitrogens with two attached hydrogens (primary N) is 1. The van der Waals surface area contributed by atoms with Gasteiger partial charge in [0.1, 0.15) is 0 Å². The molecule has 0 amide bonds. The molecule has 4 nitrogen and oxygen atoms in total. The van der Waals surface area contributed by atoms with Crippen LogP contribution >= 0.6 is 34.8 Å². The van der Waals surface area contributed by atoms with Crippen molar-refractivity contribution >= 4 is 56.2 Å². The Labute approximate surface area is 137 Å². The molecule has 0 bridgehead atoms.